The van der Waals surface area contributed by atoms with Gasteiger partial charge in [-0.05, 0) is 37.5 Å². The summed E-state index contributed by atoms with van der Waals surface area (Å²) in [7, 11) is 0. The van der Waals surface area contributed by atoms with E-state index >= 15 is 0 Å². The fourth-order valence-corrected chi connectivity index (χ4v) is 2.48. The van der Waals surface area contributed by atoms with Gasteiger partial charge in [0.2, 0.25) is 0 Å². The van der Waals surface area contributed by atoms with Crippen molar-refractivity contribution in [3.63, 3.8) is 0 Å². The number of alkyl halides is 3. The lowest BCUT2D eigenvalue weighted by Gasteiger charge is -2.37. The summed E-state index contributed by atoms with van der Waals surface area (Å²) in [5.74, 6) is -0.270. The third-order valence-electron chi connectivity index (χ3n) is 3.65. The Morgan fingerprint density at radius 2 is 1.76 bits per heavy atom. The highest BCUT2D eigenvalue weighted by molar-refractivity contribution is 5.32. The first-order valence-corrected chi connectivity index (χ1v) is 7.03. The zero-order valence-corrected chi connectivity index (χ0v) is 12.5. The molecular weight excluding hydrogens is 283 g/mol. The van der Waals surface area contributed by atoms with Crippen LogP contribution in [0.15, 0.2) is 24.3 Å². The quantitative estimate of drug-likeness (QED) is 0.822. The van der Waals surface area contributed by atoms with E-state index in [2.05, 4.69) is 4.74 Å². The third-order valence-corrected chi connectivity index (χ3v) is 3.65. The summed E-state index contributed by atoms with van der Waals surface area (Å²) in [5, 5.41) is 0. The summed E-state index contributed by atoms with van der Waals surface area (Å²) in [6, 6.07) is 5.23. The van der Waals surface area contributed by atoms with Gasteiger partial charge >= 0.3 is 6.36 Å². The molecule has 0 aromatic heterocycles. The molecule has 0 amide bonds. The highest BCUT2D eigenvalue weighted by Crippen LogP contribution is 2.35. The van der Waals surface area contributed by atoms with Gasteiger partial charge in [-0.1, -0.05) is 26.0 Å². The second kappa shape index (κ2) is 7.13. The predicted molar refractivity (Wildman–Crippen MR) is 75.0 cm³/mol. The van der Waals surface area contributed by atoms with Crippen molar-refractivity contribution in [3.05, 3.63) is 29.8 Å². The first-order valence-electron chi connectivity index (χ1n) is 7.03. The Morgan fingerprint density at radius 3 is 2.24 bits per heavy atom. The lowest BCUT2D eigenvalue weighted by atomic mass is 9.84. The van der Waals surface area contributed by atoms with E-state index in [0.29, 0.717) is 25.0 Å². The molecule has 0 aliphatic heterocycles. The maximum absolute atomic E-state index is 12.3. The van der Waals surface area contributed by atoms with E-state index in [1.54, 1.807) is 6.07 Å². The molecule has 1 rings (SSSR count). The van der Waals surface area contributed by atoms with Gasteiger partial charge in [0, 0.05) is 6.61 Å². The molecule has 0 aliphatic carbocycles. The van der Waals surface area contributed by atoms with Gasteiger partial charge in [0.1, 0.15) is 5.75 Å². The van der Waals surface area contributed by atoms with Crippen LogP contribution in [0.4, 0.5) is 13.2 Å². The molecule has 0 saturated heterocycles. The van der Waals surface area contributed by atoms with Crippen LogP contribution in [0.5, 0.6) is 5.75 Å². The van der Waals surface area contributed by atoms with Crippen LogP contribution >= 0.6 is 0 Å². The molecule has 0 saturated carbocycles. The number of benzene rings is 1. The molecule has 0 heterocycles. The van der Waals surface area contributed by atoms with Gasteiger partial charge in [-0.25, -0.2) is 0 Å². The summed E-state index contributed by atoms with van der Waals surface area (Å²) >= 11 is 0. The van der Waals surface area contributed by atoms with Crippen LogP contribution in [-0.2, 0) is 4.74 Å². The molecule has 0 aliphatic rings. The minimum atomic E-state index is -4.71. The normalized spacial score (nSPS) is 14.0. The number of halogens is 3. The van der Waals surface area contributed by atoms with Crippen LogP contribution in [0, 0.1) is 0 Å². The summed E-state index contributed by atoms with van der Waals surface area (Å²) < 4.78 is 46.6. The van der Waals surface area contributed by atoms with Crippen molar-refractivity contribution >= 4 is 0 Å². The van der Waals surface area contributed by atoms with E-state index in [1.165, 1.54) is 18.2 Å². The molecule has 0 fully saturated rings. The Labute approximate surface area is 123 Å². The maximum Gasteiger partial charge on any atom is 0.573 e. The van der Waals surface area contributed by atoms with Gasteiger partial charge in [-0.3, -0.25) is 0 Å². The molecule has 2 N–H and O–H groups in total. The summed E-state index contributed by atoms with van der Waals surface area (Å²) in [6.07, 6.45) is -3.37. The monoisotopic (exact) mass is 305 g/mol. The zero-order valence-electron chi connectivity index (χ0n) is 12.5. The fraction of sp³-hybridized carbons (Fsp3) is 0.600. The van der Waals surface area contributed by atoms with Gasteiger partial charge in [-0.15, -0.1) is 13.2 Å². The van der Waals surface area contributed by atoms with E-state index in [9.17, 15) is 13.2 Å². The minimum Gasteiger partial charge on any atom is -0.406 e. The van der Waals surface area contributed by atoms with E-state index < -0.39 is 18.0 Å². The van der Waals surface area contributed by atoms with Gasteiger partial charge < -0.3 is 15.2 Å². The Morgan fingerprint density at radius 1 is 1.14 bits per heavy atom. The van der Waals surface area contributed by atoms with E-state index in [-0.39, 0.29) is 5.75 Å². The predicted octanol–water partition coefficient (Wildman–Crippen LogP) is 4.18. The molecule has 1 aromatic rings. The van der Waals surface area contributed by atoms with Gasteiger partial charge in [0.15, 0.2) is 0 Å². The molecule has 6 heteroatoms. The van der Waals surface area contributed by atoms with Crippen molar-refractivity contribution in [2.45, 2.75) is 51.6 Å². The van der Waals surface area contributed by atoms with E-state index in [1.807, 2.05) is 20.8 Å². The Balaban J connectivity index is 3.05. The molecule has 1 aromatic carbocycles. The van der Waals surface area contributed by atoms with Crippen molar-refractivity contribution in [2.24, 2.45) is 5.73 Å². The van der Waals surface area contributed by atoms with Crippen molar-refractivity contribution in [1.82, 2.24) is 0 Å². The first-order chi connectivity index (χ1) is 9.78. The summed E-state index contributed by atoms with van der Waals surface area (Å²) in [4.78, 5) is 0. The van der Waals surface area contributed by atoms with Crippen LogP contribution in [-0.4, -0.2) is 18.6 Å². The SMILES string of the molecule is CCOC(CC)(CC)C(N)c1cccc(OC(F)(F)F)c1. The average molecular weight is 305 g/mol. The molecule has 120 valence electrons. The number of hydrogen-bond donors (Lipinski definition) is 1. The molecule has 21 heavy (non-hydrogen) atoms. The van der Waals surface area contributed by atoms with Crippen molar-refractivity contribution < 1.29 is 22.6 Å². The number of rotatable bonds is 7. The van der Waals surface area contributed by atoms with Crippen molar-refractivity contribution in [1.29, 1.82) is 0 Å². The summed E-state index contributed by atoms with van der Waals surface area (Å²) in [6.45, 7) is 6.27. The molecule has 1 unspecified atom stereocenters. The maximum atomic E-state index is 12.3. The zero-order chi connectivity index (χ0) is 16.1. The molecular formula is C15H22F3NO2. The topological polar surface area (TPSA) is 44.5 Å². The van der Waals surface area contributed by atoms with Gasteiger partial charge in [0.25, 0.3) is 0 Å². The highest BCUT2D eigenvalue weighted by Gasteiger charge is 2.36. The fourth-order valence-electron chi connectivity index (χ4n) is 2.48. The Bertz CT molecular complexity index is 445. The lowest BCUT2D eigenvalue weighted by Crippen LogP contribution is -2.43. The van der Waals surface area contributed by atoms with Crippen LogP contribution in [0.2, 0.25) is 0 Å². The van der Waals surface area contributed by atoms with Crippen LogP contribution in [0.1, 0.15) is 45.2 Å². The Hall–Kier alpha value is -1.27. The standard InChI is InChI=1S/C15H22F3NO2/c1-4-14(5-2,20-6-3)13(19)11-8-7-9-12(10-11)21-15(16,17)18/h7-10,13H,4-6,19H2,1-3H3. The number of nitrogens with two attached hydrogens (primary N) is 1. The van der Waals surface area contributed by atoms with Gasteiger partial charge in [0.05, 0.1) is 11.6 Å². The largest absolute Gasteiger partial charge is 0.573 e. The minimum absolute atomic E-state index is 0.270. The van der Waals surface area contributed by atoms with Crippen molar-refractivity contribution in [3.8, 4) is 5.75 Å². The molecule has 1 atom stereocenters. The Kier molecular flexibility index (Phi) is 6.04. The second-order valence-corrected chi connectivity index (χ2v) is 4.80. The first kappa shape index (κ1) is 17.8. The average Bonchev–Trinajstić information content (AvgIpc) is 2.42. The van der Waals surface area contributed by atoms with Crippen LogP contribution < -0.4 is 10.5 Å². The summed E-state index contributed by atoms with van der Waals surface area (Å²) in [5.41, 5.74) is 6.22. The van der Waals surface area contributed by atoms with E-state index in [0.717, 1.165) is 0 Å². The van der Waals surface area contributed by atoms with Crippen LogP contribution in [0.25, 0.3) is 0 Å². The third kappa shape index (κ3) is 4.61. The number of ether oxygens (including phenoxy) is 2. The van der Waals surface area contributed by atoms with E-state index in [4.69, 9.17) is 10.5 Å². The highest BCUT2D eigenvalue weighted by atomic mass is 19.4. The van der Waals surface area contributed by atoms with Crippen LogP contribution in [0.3, 0.4) is 0 Å². The lowest BCUT2D eigenvalue weighted by molar-refractivity contribution is -0.274. The molecule has 0 bridgehead atoms. The molecule has 0 radical (unpaired) electrons. The molecule has 3 nitrogen and oxygen atoms in total. The smallest absolute Gasteiger partial charge is 0.406 e. The van der Waals surface area contributed by atoms with Crippen molar-refractivity contribution in [2.75, 3.05) is 6.61 Å². The van der Waals surface area contributed by atoms with Gasteiger partial charge in [-0.2, -0.15) is 0 Å². The number of hydrogen-bond acceptors (Lipinski definition) is 3. The molecule has 0 spiro atoms. The second-order valence-electron chi connectivity index (χ2n) is 4.80.